The predicted octanol–water partition coefficient (Wildman–Crippen LogP) is 2.36. The molecule has 1 aromatic heterocycles. The molecule has 1 amide bonds. The Kier molecular flexibility index (Phi) is 4.36. The lowest BCUT2D eigenvalue weighted by molar-refractivity contribution is 0.0952. The zero-order chi connectivity index (χ0) is 12.8. The number of carbonyl (C=O) groups excluding carboxylic acids is 1. The van der Waals surface area contributed by atoms with Crippen molar-refractivity contribution in [3.05, 3.63) is 53.3 Å². The van der Waals surface area contributed by atoms with Crippen molar-refractivity contribution in [1.82, 2.24) is 15.1 Å². The second-order valence-corrected chi connectivity index (χ2v) is 4.33. The molecule has 0 aliphatic heterocycles. The van der Waals surface area contributed by atoms with Crippen molar-refractivity contribution in [3.8, 4) is 0 Å². The third-order valence-electron chi connectivity index (χ3n) is 2.50. The molecule has 18 heavy (non-hydrogen) atoms. The third kappa shape index (κ3) is 3.60. The maximum atomic E-state index is 11.8. The van der Waals surface area contributed by atoms with E-state index in [9.17, 15) is 4.79 Å². The van der Waals surface area contributed by atoms with E-state index in [1.807, 2.05) is 16.9 Å². The molecule has 94 valence electrons. The van der Waals surface area contributed by atoms with Gasteiger partial charge < -0.3 is 5.32 Å². The Bertz CT molecular complexity index is 511. The van der Waals surface area contributed by atoms with Crippen LogP contribution in [-0.4, -0.2) is 22.2 Å². The van der Waals surface area contributed by atoms with Crippen molar-refractivity contribution in [2.45, 2.75) is 13.0 Å². The number of hydrogen-bond donors (Lipinski definition) is 1. The van der Waals surface area contributed by atoms with E-state index < -0.39 is 0 Å². The Morgan fingerprint density at radius 3 is 3.00 bits per heavy atom. The molecule has 0 aliphatic carbocycles. The van der Waals surface area contributed by atoms with Crippen LogP contribution in [0.2, 0.25) is 5.02 Å². The minimum atomic E-state index is -0.0991. The highest BCUT2D eigenvalue weighted by atomic mass is 35.5. The van der Waals surface area contributed by atoms with Gasteiger partial charge in [-0.05, 0) is 30.7 Å². The van der Waals surface area contributed by atoms with Crippen LogP contribution >= 0.6 is 11.6 Å². The first-order valence-corrected chi connectivity index (χ1v) is 6.15. The Balaban J connectivity index is 1.75. The summed E-state index contributed by atoms with van der Waals surface area (Å²) in [6.07, 6.45) is 4.48. The van der Waals surface area contributed by atoms with Crippen LogP contribution in [0.4, 0.5) is 0 Å². The van der Waals surface area contributed by atoms with E-state index >= 15 is 0 Å². The largest absolute Gasteiger partial charge is 0.352 e. The summed E-state index contributed by atoms with van der Waals surface area (Å²) < 4.78 is 1.84. The van der Waals surface area contributed by atoms with Gasteiger partial charge in [-0.2, -0.15) is 5.10 Å². The Labute approximate surface area is 111 Å². The van der Waals surface area contributed by atoms with Crippen LogP contribution in [0, 0.1) is 0 Å². The molecule has 0 saturated carbocycles. The predicted molar refractivity (Wildman–Crippen MR) is 70.6 cm³/mol. The van der Waals surface area contributed by atoms with Crippen LogP contribution in [0.15, 0.2) is 42.7 Å². The van der Waals surface area contributed by atoms with Crippen LogP contribution in [-0.2, 0) is 6.54 Å². The molecule has 0 aliphatic rings. The average Bonchev–Trinajstić information content (AvgIpc) is 2.87. The highest BCUT2D eigenvalue weighted by Crippen LogP contribution is 2.10. The molecule has 0 unspecified atom stereocenters. The summed E-state index contributed by atoms with van der Waals surface area (Å²) in [7, 11) is 0. The first-order chi connectivity index (χ1) is 8.75. The van der Waals surface area contributed by atoms with Gasteiger partial charge >= 0.3 is 0 Å². The van der Waals surface area contributed by atoms with Crippen molar-refractivity contribution < 1.29 is 4.79 Å². The van der Waals surface area contributed by atoms with Crippen LogP contribution in [0.25, 0.3) is 0 Å². The van der Waals surface area contributed by atoms with Gasteiger partial charge in [0.25, 0.3) is 5.91 Å². The van der Waals surface area contributed by atoms with Crippen molar-refractivity contribution in [2.75, 3.05) is 6.54 Å². The summed E-state index contributed by atoms with van der Waals surface area (Å²) in [6.45, 7) is 1.41. The lowest BCUT2D eigenvalue weighted by atomic mass is 10.2. The topological polar surface area (TPSA) is 46.9 Å². The summed E-state index contributed by atoms with van der Waals surface area (Å²) in [5.41, 5.74) is 0.585. The molecular weight excluding hydrogens is 250 g/mol. The fraction of sp³-hybridized carbons (Fsp3) is 0.231. The molecule has 1 aromatic carbocycles. The zero-order valence-electron chi connectivity index (χ0n) is 9.84. The SMILES string of the molecule is O=C(NCCCn1cccn1)c1cccc(Cl)c1. The van der Waals surface area contributed by atoms with Crippen LogP contribution in [0.5, 0.6) is 0 Å². The summed E-state index contributed by atoms with van der Waals surface area (Å²) in [5, 5.41) is 7.51. The molecule has 1 heterocycles. The zero-order valence-corrected chi connectivity index (χ0v) is 10.6. The van der Waals surface area contributed by atoms with Gasteiger partial charge in [0.2, 0.25) is 0 Å². The first kappa shape index (κ1) is 12.6. The van der Waals surface area contributed by atoms with Gasteiger partial charge in [0, 0.05) is 36.1 Å². The van der Waals surface area contributed by atoms with Crippen molar-refractivity contribution in [2.24, 2.45) is 0 Å². The molecule has 0 atom stereocenters. The lowest BCUT2D eigenvalue weighted by Gasteiger charge is -2.05. The monoisotopic (exact) mass is 263 g/mol. The number of aryl methyl sites for hydroxylation is 1. The minimum Gasteiger partial charge on any atom is -0.352 e. The summed E-state index contributed by atoms with van der Waals surface area (Å²) in [6, 6.07) is 8.79. The molecular formula is C13H14ClN3O. The fourth-order valence-electron chi connectivity index (χ4n) is 1.61. The van der Waals surface area contributed by atoms with E-state index in [1.54, 1.807) is 30.5 Å². The number of hydrogen-bond acceptors (Lipinski definition) is 2. The summed E-state index contributed by atoms with van der Waals surface area (Å²) in [4.78, 5) is 11.8. The number of benzene rings is 1. The van der Waals surface area contributed by atoms with Gasteiger partial charge in [0.05, 0.1) is 0 Å². The molecule has 0 radical (unpaired) electrons. The van der Waals surface area contributed by atoms with Crippen LogP contribution in [0.3, 0.4) is 0 Å². The summed E-state index contributed by atoms with van der Waals surface area (Å²) in [5.74, 6) is -0.0991. The quantitative estimate of drug-likeness (QED) is 0.842. The van der Waals surface area contributed by atoms with E-state index in [2.05, 4.69) is 10.4 Å². The van der Waals surface area contributed by atoms with E-state index in [4.69, 9.17) is 11.6 Å². The number of nitrogens with one attached hydrogen (secondary N) is 1. The molecule has 5 heteroatoms. The molecule has 2 aromatic rings. The smallest absolute Gasteiger partial charge is 0.251 e. The highest BCUT2D eigenvalue weighted by molar-refractivity contribution is 6.30. The van der Waals surface area contributed by atoms with Gasteiger partial charge in [-0.1, -0.05) is 17.7 Å². The maximum Gasteiger partial charge on any atom is 0.251 e. The molecule has 1 N–H and O–H groups in total. The van der Waals surface area contributed by atoms with Gasteiger partial charge in [0.1, 0.15) is 0 Å². The number of amides is 1. The second-order valence-electron chi connectivity index (χ2n) is 3.89. The molecule has 0 spiro atoms. The highest BCUT2D eigenvalue weighted by Gasteiger charge is 2.04. The van der Waals surface area contributed by atoms with Gasteiger partial charge in [-0.15, -0.1) is 0 Å². The van der Waals surface area contributed by atoms with Crippen molar-refractivity contribution >= 4 is 17.5 Å². The van der Waals surface area contributed by atoms with Gasteiger partial charge in [0.15, 0.2) is 0 Å². The Hall–Kier alpha value is -1.81. The Morgan fingerprint density at radius 2 is 2.28 bits per heavy atom. The molecule has 0 fully saturated rings. The fourth-order valence-corrected chi connectivity index (χ4v) is 1.80. The summed E-state index contributed by atoms with van der Waals surface area (Å²) >= 11 is 5.83. The molecule has 0 saturated heterocycles. The number of rotatable bonds is 5. The normalized spacial score (nSPS) is 10.3. The van der Waals surface area contributed by atoms with Gasteiger partial charge in [-0.25, -0.2) is 0 Å². The minimum absolute atomic E-state index is 0.0991. The average molecular weight is 264 g/mol. The first-order valence-electron chi connectivity index (χ1n) is 5.77. The maximum absolute atomic E-state index is 11.8. The van der Waals surface area contributed by atoms with Crippen molar-refractivity contribution in [1.29, 1.82) is 0 Å². The number of aromatic nitrogens is 2. The lowest BCUT2D eigenvalue weighted by Crippen LogP contribution is -2.25. The van der Waals surface area contributed by atoms with E-state index in [0.717, 1.165) is 13.0 Å². The van der Waals surface area contributed by atoms with Crippen LogP contribution in [0.1, 0.15) is 16.8 Å². The molecule has 4 nitrogen and oxygen atoms in total. The third-order valence-corrected chi connectivity index (χ3v) is 2.73. The second kappa shape index (κ2) is 6.21. The van der Waals surface area contributed by atoms with Crippen LogP contribution < -0.4 is 5.32 Å². The molecule has 0 bridgehead atoms. The molecule has 2 rings (SSSR count). The number of halogens is 1. The van der Waals surface area contributed by atoms with Gasteiger partial charge in [-0.3, -0.25) is 9.48 Å². The van der Waals surface area contributed by atoms with E-state index in [0.29, 0.717) is 17.1 Å². The standard InChI is InChI=1S/C13H14ClN3O/c14-12-5-1-4-11(10-12)13(18)15-6-2-8-17-9-3-7-16-17/h1,3-5,7,9-10H,2,6,8H2,(H,15,18). The van der Waals surface area contributed by atoms with E-state index in [1.165, 1.54) is 0 Å². The number of nitrogens with zero attached hydrogens (tertiary/aromatic N) is 2. The number of carbonyl (C=O) groups is 1. The van der Waals surface area contributed by atoms with Crippen molar-refractivity contribution in [3.63, 3.8) is 0 Å². The Morgan fingerprint density at radius 1 is 1.39 bits per heavy atom. The van der Waals surface area contributed by atoms with E-state index in [-0.39, 0.29) is 5.91 Å².